The number of aromatic nitrogens is 2. The van der Waals surface area contributed by atoms with E-state index in [1.54, 1.807) is 11.5 Å². The summed E-state index contributed by atoms with van der Waals surface area (Å²) in [5.74, 6) is 1.40. The van der Waals surface area contributed by atoms with Crippen molar-refractivity contribution in [2.24, 2.45) is 5.92 Å². The zero-order valence-electron chi connectivity index (χ0n) is 9.43. The molecule has 0 spiro atoms. The first-order valence-corrected chi connectivity index (χ1v) is 5.22. The Kier molecular flexibility index (Phi) is 3.82. The van der Waals surface area contributed by atoms with Gasteiger partial charge in [0.25, 0.3) is 0 Å². The summed E-state index contributed by atoms with van der Waals surface area (Å²) in [6.45, 7) is 6.75. The van der Waals surface area contributed by atoms with Crippen molar-refractivity contribution in [2.45, 2.75) is 40.2 Å². The van der Waals surface area contributed by atoms with Crippen LogP contribution in [0.1, 0.15) is 32.5 Å². The Morgan fingerprint density at radius 2 is 2.33 bits per heavy atom. The minimum atomic E-state index is -0.378. The van der Waals surface area contributed by atoms with E-state index in [4.69, 9.17) is 0 Å². The zero-order valence-corrected chi connectivity index (χ0v) is 9.43. The molecule has 84 valence electrons. The molecule has 1 unspecified atom stereocenters. The maximum atomic E-state index is 10.7. The van der Waals surface area contributed by atoms with Crippen molar-refractivity contribution < 1.29 is 4.92 Å². The van der Waals surface area contributed by atoms with Crippen molar-refractivity contribution in [3.63, 3.8) is 0 Å². The SMILES string of the molecule is CCC(C)CCn1c([N+](=O)[O-])cnc1C. The fourth-order valence-electron chi connectivity index (χ4n) is 1.43. The minimum absolute atomic E-state index is 0.0933. The largest absolute Gasteiger partial charge is 0.358 e. The van der Waals surface area contributed by atoms with Crippen molar-refractivity contribution in [3.8, 4) is 0 Å². The second kappa shape index (κ2) is 4.91. The molecule has 0 N–H and O–H groups in total. The third-order valence-corrected chi connectivity index (χ3v) is 2.76. The molecule has 1 aromatic rings. The molecule has 0 aliphatic carbocycles. The Morgan fingerprint density at radius 1 is 1.67 bits per heavy atom. The molecule has 0 aromatic carbocycles. The van der Waals surface area contributed by atoms with Crippen molar-refractivity contribution in [2.75, 3.05) is 0 Å². The second-order valence-electron chi connectivity index (χ2n) is 3.87. The second-order valence-corrected chi connectivity index (χ2v) is 3.87. The van der Waals surface area contributed by atoms with Crippen LogP contribution in [0, 0.1) is 23.0 Å². The molecule has 1 rings (SSSR count). The average molecular weight is 211 g/mol. The quantitative estimate of drug-likeness (QED) is 0.555. The van der Waals surface area contributed by atoms with Gasteiger partial charge in [0.1, 0.15) is 6.20 Å². The van der Waals surface area contributed by atoms with Crippen LogP contribution in [-0.4, -0.2) is 14.5 Å². The van der Waals surface area contributed by atoms with E-state index >= 15 is 0 Å². The van der Waals surface area contributed by atoms with E-state index in [0.717, 1.165) is 12.8 Å². The summed E-state index contributed by atoms with van der Waals surface area (Å²) in [4.78, 5) is 14.3. The molecule has 0 aliphatic heterocycles. The number of nitro groups is 1. The van der Waals surface area contributed by atoms with Crippen molar-refractivity contribution in [1.82, 2.24) is 9.55 Å². The third kappa shape index (κ3) is 2.78. The van der Waals surface area contributed by atoms with E-state index in [1.807, 2.05) is 0 Å². The summed E-state index contributed by atoms with van der Waals surface area (Å²) >= 11 is 0. The van der Waals surface area contributed by atoms with Gasteiger partial charge in [-0.3, -0.25) is 0 Å². The predicted octanol–water partition coefficient (Wildman–Crippen LogP) is 2.54. The summed E-state index contributed by atoms with van der Waals surface area (Å²) in [6, 6.07) is 0. The van der Waals surface area contributed by atoms with Crippen LogP contribution in [0.3, 0.4) is 0 Å². The van der Waals surface area contributed by atoms with Crippen molar-refractivity contribution in [1.29, 1.82) is 0 Å². The van der Waals surface area contributed by atoms with Gasteiger partial charge in [0.15, 0.2) is 5.82 Å². The molecule has 0 saturated heterocycles. The first-order chi connectivity index (χ1) is 7.06. The van der Waals surface area contributed by atoms with E-state index in [1.165, 1.54) is 6.20 Å². The first kappa shape index (κ1) is 11.7. The van der Waals surface area contributed by atoms with E-state index in [9.17, 15) is 10.1 Å². The van der Waals surface area contributed by atoms with Gasteiger partial charge in [0.05, 0.1) is 6.54 Å². The van der Waals surface area contributed by atoms with Gasteiger partial charge in [0, 0.05) is 6.92 Å². The molecule has 5 heteroatoms. The highest BCUT2D eigenvalue weighted by atomic mass is 16.6. The Hall–Kier alpha value is -1.39. The molecular weight excluding hydrogens is 194 g/mol. The number of rotatable bonds is 5. The highest BCUT2D eigenvalue weighted by Gasteiger charge is 2.17. The molecular formula is C10H17N3O2. The number of nitrogens with zero attached hydrogens (tertiary/aromatic N) is 3. The topological polar surface area (TPSA) is 61.0 Å². The zero-order chi connectivity index (χ0) is 11.4. The van der Waals surface area contributed by atoms with Crippen LogP contribution in [-0.2, 0) is 6.54 Å². The smallest absolute Gasteiger partial charge is 0.342 e. The van der Waals surface area contributed by atoms with Crippen LogP contribution in [0.5, 0.6) is 0 Å². The highest BCUT2D eigenvalue weighted by molar-refractivity contribution is 5.18. The van der Waals surface area contributed by atoms with Gasteiger partial charge >= 0.3 is 5.82 Å². The summed E-state index contributed by atoms with van der Waals surface area (Å²) in [7, 11) is 0. The van der Waals surface area contributed by atoms with Gasteiger partial charge in [-0.2, -0.15) is 0 Å². The van der Waals surface area contributed by atoms with Gasteiger partial charge in [-0.15, -0.1) is 0 Å². The first-order valence-electron chi connectivity index (χ1n) is 5.22. The Morgan fingerprint density at radius 3 is 2.87 bits per heavy atom. The van der Waals surface area contributed by atoms with Crippen LogP contribution < -0.4 is 0 Å². The Balaban J connectivity index is 2.75. The predicted molar refractivity (Wildman–Crippen MR) is 57.7 cm³/mol. The van der Waals surface area contributed by atoms with Gasteiger partial charge in [-0.05, 0) is 17.3 Å². The van der Waals surface area contributed by atoms with Gasteiger partial charge < -0.3 is 10.1 Å². The molecule has 15 heavy (non-hydrogen) atoms. The molecule has 0 aliphatic rings. The van der Waals surface area contributed by atoms with E-state index in [-0.39, 0.29) is 10.7 Å². The third-order valence-electron chi connectivity index (χ3n) is 2.76. The number of hydrogen-bond acceptors (Lipinski definition) is 3. The minimum Gasteiger partial charge on any atom is -0.358 e. The van der Waals surface area contributed by atoms with Crippen LogP contribution >= 0.6 is 0 Å². The van der Waals surface area contributed by atoms with E-state index in [2.05, 4.69) is 18.8 Å². The average Bonchev–Trinajstić information content (AvgIpc) is 2.56. The van der Waals surface area contributed by atoms with Crippen LogP contribution in [0.25, 0.3) is 0 Å². The molecule has 1 heterocycles. The van der Waals surface area contributed by atoms with Crippen molar-refractivity contribution in [3.05, 3.63) is 22.1 Å². The van der Waals surface area contributed by atoms with Crippen LogP contribution in [0.4, 0.5) is 5.82 Å². The van der Waals surface area contributed by atoms with Crippen molar-refractivity contribution >= 4 is 5.82 Å². The molecule has 1 aromatic heterocycles. The fraction of sp³-hybridized carbons (Fsp3) is 0.700. The van der Waals surface area contributed by atoms with E-state index in [0.29, 0.717) is 18.3 Å². The molecule has 1 atom stereocenters. The lowest BCUT2D eigenvalue weighted by Gasteiger charge is -2.07. The van der Waals surface area contributed by atoms with Gasteiger partial charge in [0.2, 0.25) is 0 Å². The molecule has 5 nitrogen and oxygen atoms in total. The summed E-state index contributed by atoms with van der Waals surface area (Å²) in [6.07, 6.45) is 3.38. The Bertz CT molecular complexity index is 346. The van der Waals surface area contributed by atoms with E-state index < -0.39 is 0 Å². The summed E-state index contributed by atoms with van der Waals surface area (Å²) < 4.78 is 1.67. The summed E-state index contributed by atoms with van der Waals surface area (Å²) in [5, 5.41) is 10.7. The maximum absolute atomic E-state index is 10.7. The fourth-order valence-corrected chi connectivity index (χ4v) is 1.43. The van der Waals surface area contributed by atoms with Gasteiger partial charge in [-0.25, -0.2) is 9.55 Å². The molecule has 0 bridgehead atoms. The monoisotopic (exact) mass is 211 g/mol. The molecule has 0 saturated carbocycles. The Labute approximate surface area is 89.3 Å². The standard InChI is InChI=1S/C10H17N3O2/c1-4-8(2)5-6-12-9(3)11-7-10(12)13(14)15/h7-8H,4-6H2,1-3H3. The number of aryl methyl sites for hydroxylation is 1. The van der Waals surface area contributed by atoms with Crippen LogP contribution in [0.15, 0.2) is 6.20 Å². The number of imidazole rings is 1. The number of hydrogen-bond donors (Lipinski definition) is 0. The lowest BCUT2D eigenvalue weighted by Crippen LogP contribution is -2.07. The van der Waals surface area contributed by atoms with Gasteiger partial charge in [-0.1, -0.05) is 20.3 Å². The summed E-state index contributed by atoms with van der Waals surface area (Å²) in [5.41, 5.74) is 0. The molecule has 0 radical (unpaired) electrons. The maximum Gasteiger partial charge on any atom is 0.342 e. The van der Waals surface area contributed by atoms with Crippen LogP contribution in [0.2, 0.25) is 0 Å². The highest BCUT2D eigenvalue weighted by Crippen LogP contribution is 2.16. The molecule has 0 amide bonds. The normalized spacial score (nSPS) is 12.7. The lowest BCUT2D eigenvalue weighted by molar-refractivity contribution is -0.392. The molecule has 0 fully saturated rings. The lowest BCUT2D eigenvalue weighted by atomic mass is 10.1.